The molecule has 2 atom stereocenters. The Balaban J connectivity index is 1.38. The Bertz CT molecular complexity index is 1200. The van der Waals surface area contributed by atoms with E-state index in [0.717, 1.165) is 25.9 Å². The second kappa shape index (κ2) is 7.95. The van der Waals surface area contributed by atoms with Crippen LogP contribution in [-0.2, 0) is 22.0 Å². The molecule has 1 saturated heterocycles. The average molecular weight is 435 g/mol. The molecular weight excluding hydrogens is 404 g/mol. The number of sulfonamides is 1. The lowest BCUT2D eigenvalue weighted by atomic mass is 9.63. The summed E-state index contributed by atoms with van der Waals surface area (Å²) in [6, 6.07) is 24.0. The number of hydrogen-bond acceptors (Lipinski definition) is 3. The molecule has 2 bridgehead atoms. The fourth-order valence-corrected chi connectivity index (χ4v) is 6.36. The first-order valence-corrected chi connectivity index (χ1v) is 13.1. The number of benzene rings is 3. The monoisotopic (exact) mass is 434 g/mol. The third-order valence-electron chi connectivity index (χ3n) is 7.24. The molecule has 0 spiro atoms. The minimum atomic E-state index is -3.27. The number of likely N-dealkylation sites (tertiary alicyclic amines) is 1. The highest BCUT2D eigenvalue weighted by Gasteiger charge is 2.43. The smallest absolute Gasteiger partial charge is 0.229 e. The number of anilines is 1. The van der Waals surface area contributed by atoms with Crippen LogP contribution in [0.3, 0.4) is 0 Å². The summed E-state index contributed by atoms with van der Waals surface area (Å²) in [6.45, 7) is 2.08. The van der Waals surface area contributed by atoms with Gasteiger partial charge < -0.3 is 0 Å². The van der Waals surface area contributed by atoms with Crippen molar-refractivity contribution in [3.63, 3.8) is 0 Å². The topological polar surface area (TPSA) is 49.4 Å². The Kier molecular flexibility index (Phi) is 5.27. The molecule has 3 aromatic rings. The third-order valence-corrected chi connectivity index (χ3v) is 7.85. The van der Waals surface area contributed by atoms with Crippen LogP contribution in [0.25, 0.3) is 10.8 Å². The van der Waals surface area contributed by atoms with Gasteiger partial charge in [0.25, 0.3) is 0 Å². The van der Waals surface area contributed by atoms with Gasteiger partial charge in [-0.3, -0.25) is 9.62 Å². The van der Waals surface area contributed by atoms with E-state index in [1.165, 1.54) is 47.4 Å². The van der Waals surface area contributed by atoms with Crippen LogP contribution in [0, 0.1) is 0 Å². The highest BCUT2D eigenvalue weighted by atomic mass is 32.2. The predicted molar refractivity (Wildman–Crippen MR) is 128 cm³/mol. The van der Waals surface area contributed by atoms with Crippen molar-refractivity contribution in [2.24, 2.45) is 0 Å². The third kappa shape index (κ3) is 4.21. The standard InChI is InChI=1S/C26H30N2O2S/c1-31(29,30)27-23-11-5-10-22(17-23)26-14-6-12-24(18-26)28(16-15-26)19-21-9-4-8-20-7-2-3-13-25(20)21/h2-5,7-11,13,17,24,27H,6,12,14-16,18-19H2,1H3. The second-order valence-corrected chi connectivity index (χ2v) is 11.1. The van der Waals surface area contributed by atoms with Gasteiger partial charge in [-0.2, -0.15) is 0 Å². The summed E-state index contributed by atoms with van der Waals surface area (Å²) < 4.78 is 26.0. The van der Waals surface area contributed by atoms with E-state index in [4.69, 9.17) is 0 Å². The Morgan fingerprint density at radius 2 is 1.84 bits per heavy atom. The molecule has 2 unspecified atom stereocenters. The fourth-order valence-electron chi connectivity index (χ4n) is 5.80. The lowest BCUT2D eigenvalue weighted by Gasteiger charge is -2.51. The largest absolute Gasteiger partial charge is 0.296 e. The van der Waals surface area contributed by atoms with Crippen LogP contribution in [-0.4, -0.2) is 32.2 Å². The molecule has 1 saturated carbocycles. The number of nitrogens with one attached hydrogen (secondary N) is 1. The first-order valence-electron chi connectivity index (χ1n) is 11.2. The van der Waals surface area contributed by atoms with Crippen molar-refractivity contribution in [2.75, 3.05) is 17.5 Å². The summed E-state index contributed by atoms with van der Waals surface area (Å²) >= 11 is 0. The summed E-state index contributed by atoms with van der Waals surface area (Å²) in [4.78, 5) is 2.68. The molecule has 2 fully saturated rings. The maximum atomic E-state index is 11.7. The normalized spacial score (nSPS) is 24.2. The summed E-state index contributed by atoms with van der Waals surface area (Å²) in [5.41, 5.74) is 3.54. The highest BCUT2D eigenvalue weighted by molar-refractivity contribution is 7.92. The minimum Gasteiger partial charge on any atom is -0.296 e. The van der Waals surface area contributed by atoms with Gasteiger partial charge in [0.15, 0.2) is 0 Å². The number of rotatable bonds is 5. The van der Waals surface area contributed by atoms with Gasteiger partial charge in [0.05, 0.1) is 6.26 Å². The van der Waals surface area contributed by atoms with Crippen LogP contribution >= 0.6 is 0 Å². The molecule has 5 heteroatoms. The Labute approximate surface area is 185 Å². The SMILES string of the molecule is CS(=O)(=O)Nc1cccc(C23CCCC(C2)N(Cc2cccc4ccccc24)CC3)c1. The second-order valence-electron chi connectivity index (χ2n) is 9.34. The van der Waals surface area contributed by atoms with Crippen LogP contribution in [0.15, 0.2) is 66.7 Å². The number of fused-ring (bicyclic) bond motifs is 3. The number of piperidine rings is 1. The van der Waals surface area contributed by atoms with Gasteiger partial charge in [0.1, 0.15) is 0 Å². The first-order chi connectivity index (χ1) is 14.9. The lowest BCUT2D eigenvalue weighted by molar-refractivity contribution is 0.0462. The van der Waals surface area contributed by atoms with Crippen LogP contribution in [0.5, 0.6) is 0 Å². The van der Waals surface area contributed by atoms with E-state index in [1.807, 2.05) is 12.1 Å². The van der Waals surface area contributed by atoms with Crippen LogP contribution in [0.1, 0.15) is 43.2 Å². The fraction of sp³-hybridized carbons (Fsp3) is 0.385. The van der Waals surface area contributed by atoms with Crippen molar-refractivity contribution in [1.82, 2.24) is 4.90 Å². The van der Waals surface area contributed by atoms with Gasteiger partial charge in [-0.15, -0.1) is 0 Å². The van der Waals surface area contributed by atoms with Gasteiger partial charge in [-0.1, -0.05) is 61.0 Å². The zero-order chi connectivity index (χ0) is 21.5. The van der Waals surface area contributed by atoms with E-state index in [9.17, 15) is 8.42 Å². The van der Waals surface area contributed by atoms with Gasteiger partial charge in [-0.25, -0.2) is 8.42 Å². The molecule has 0 amide bonds. The summed E-state index contributed by atoms with van der Waals surface area (Å²) in [6.07, 6.45) is 7.14. The summed E-state index contributed by atoms with van der Waals surface area (Å²) in [5.74, 6) is 0. The molecule has 1 aliphatic carbocycles. The zero-order valence-electron chi connectivity index (χ0n) is 18.0. The molecular formula is C26H30N2O2S. The molecule has 3 aromatic carbocycles. The van der Waals surface area contributed by atoms with Crippen molar-refractivity contribution < 1.29 is 8.42 Å². The van der Waals surface area contributed by atoms with Gasteiger partial charge in [-0.05, 0) is 71.7 Å². The van der Waals surface area contributed by atoms with Crippen LogP contribution in [0.2, 0.25) is 0 Å². The molecule has 1 heterocycles. The van der Waals surface area contributed by atoms with Crippen molar-refractivity contribution in [1.29, 1.82) is 0 Å². The lowest BCUT2D eigenvalue weighted by Crippen LogP contribution is -2.51. The molecule has 4 nitrogen and oxygen atoms in total. The van der Waals surface area contributed by atoms with Crippen molar-refractivity contribution in [3.8, 4) is 0 Å². The van der Waals surface area contributed by atoms with Crippen LogP contribution in [0.4, 0.5) is 5.69 Å². The zero-order valence-corrected chi connectivity index (χ0v) is 18.9. The molecule has 1 aliphatic heterocycles. The van der Waals surface area contributed by atoms with E-state index in [-0.39, 0.29) is 5.41 Å². The number of hydrogen-bond donors (Lipinski definition) is 1. The first kappa shape index (κ1) is 20.5. The maximum absolute atomic E-state index is 11.7. The summed E-state index contributed by atoms with van der Waals surface area (Å²) in [5, 5.41) is 2.67. The van der Waals surface area contributed by atoms with E-state index in [2.05, 4.69) is 64.2 Å². The van der Waals surface area contributed by atoms with E-state index in [0.29, 0.717) is 11.7 Å². The van der Waals surface area contributed by atoms with E-state index in [1.54, 1.807) is 0 Å². The maximum Gasteiger partial charge on any atom is 0.229 e. The van der Waals surface area contributed by atoms with Crippen LogP contribution < -0.4 is 4.72 Å². The average Bonchev–Trinajstić information content (AvgIpc) is 2.75. The molecule has 5 rings (SSSR count). The summed E-state index contributed by atoms with van der Waals surface area (Å²) in [7, 11) is -3.27. The van der Waals surface area contributed by atoms with Gasteiger partial charge in [0.2, 0.25) is 10.0 Å². The van der Waals surface area contributed by atoms with Gasteiger partial charge in [0, 0.05) is 18.3 Å². The Morgan fingerprint density at radius 1 is 1.03 bits per heavy atom. The quantitative estimate of drug-likeness (QED) is 0.593. The molecule has 2 aliphatic rings. The van der Waals surface area contributed by atoms with Gasteiger partial charge >= 0.3 is 0 Å². The van der Waals surface area contributed by atoms with E-state index < -0.39 is 10.0 Å². The highest BCUT2D eigenvalue weighted by Crippen LogP contribution is 2.47. The molecule has 31 heavy (non-hydrogen) atoms. The predicted octanol–water partition coefficient (Wildman–Crippen LogP) is 5.30. The Morgan fingerprint density at radius 3 is 2.71 bits per heavy atom. The minimum absolute atomic E-state index is 0.160. The van der Waals surface area contributed by atoms with Crippen molar-refractivity contribution >= 4 is 26.5 Å². The molecule has 0 radical (unpaired) electrons. The molecule has 1 N–H and O–H groups in total. The van der Waals surface area contributed by atoms with E-state index >= 15 is 0 Å². The molecule has 162 valence electrons. The number of nitrogens with zero attached hydrogens (tertiary/aromatic N) is 1. The van der Waals surface area contributed by atoms with Crippen molar-refractivity contribution in [3.05, 3.63) is 77.9 Å². The Hall–Kier alpha value is -2.37. The molecule has 0 aromatic heterocycles. The van der Waals surface area contributed by atoms with Crippen molar-refractivity contribution in [2.45, 2.75) is 50.1 Å².